The molecule has 133 heavy (non-hydrogen) atoms. The van der Waals surface area contributed by atoms with Gasteiger partial charge in [0.05, 0.1) is 27.8 Å². The van der Waals surface area contributed by atoms with Crippen molar-refractivity contribution in [2.75, 3.05) is 0 Å². The van der Waals surface area contributed by atoms with Gasteiger partial charge < -0.3 is 22.1 Å². The smallest absolute Gasteiger partial charge is 0.227 e. The van der Waals surface area contributed by atoms with E-state index in [2.05, 4.69) is 312 Å². The Labute approximate surface area is 798 Å². The van der Waals surface area contributed by atoms with Gasteiger partial charge in [0.2, 0.25) is 57.0 Å². The van der Waals surface area contributed by atoms with Crippen molar-refractivity contribution in [2.45, 2.75) is 208 Å². The van der Waals surface area contributed by atoms with Crippen molar-refractivity contribution in [1.82, 2.24) is 24.9 Å². The van der Waals surface area contributed by atoms with E-state index in [-0.39, 0.29) is 18.3 Å². The topological polar surface area (TPSA) is 150 Å². The third-order valence-electron chi connectivity index (χ3n) is 25.8. The molecule has 0 N–H and O–H groups in total. The zero-order valence-corrected chi connectivity index (χ0v) is 81.4. The van der Waals surface area contributed by atoms with Gasteiger partial charge in [0, 0.05) is 163 Å². The van der Waals surface area contributed by atoms with Gasteiger partial charge in [-0.2, -0.15) is 0 Å². The van der Waals surface area contributed by atoms with Gasteiger partial charge in [0.25, 0.3) is 0 Å². The van der Waals surface area contributed by atoms with E-state index in [0.717, 1.165) is 194 Å². The zero-order chi connectivity index (χ0) is 104. The van der Waals surface area contributed by atoms with E-state index >= 15 is 0 Å². The highest BCUT2D eigenvalue weighted by atomic mass is 16.4. The van der Waals surface area contributed by atoms with Crippen LogP contribution in [0.3, 0.4) is 0 Å². The fraction of sp³-hybridized carbons (Fsp3) is 0.322. The van der Waals surface area contributed by atoms with Crippen LogP contribution in [0.5, 0.6) is 0 Å². The average molecular weight is 1780 g/mol. The predicted octanol–water partition coefficient (Wildman–Crippen LogP) is 27.5. The second-order valence-electron chi connectivity index (χ2n) is 37.2. The lowest BCUT2D eigenvalue weighted by Crippen LogP contribution is -2.30. The molecule has 0 bridgehead atoms. The Kier molecular flexibility index (Phi) is 22.7. The number of aromatic nitrogens is 10. The molecule has 1 atom stereocenters. The molecule has 0 aliphatic heterocycles. The maximum absolute atomic E-state index is 8.26. The minimum Gasteiger partial charge on any atom is -0.437 e. The molecule has 15 nitrogen and oxygen atoms in total. The minimum atomic E-state index is -2.67. The summed E-state index contributed by atoms with van der Waals surface area (Å²) in [5.74, 6) is -2.37. The first kappa shape index (κ1) is 79.4. The van der Waals surface area contributed by atoms with Gasteiger partial charge in [-0.15, -0.1) is 0 Å². The molecule has 20 rings (SSSR count). The van der Waals surface area contributed by atoms with Gasteiger partial charge in [-0.25, -0.2) is 47.8 Å². The summed E-state index contributed by atoms with van der Waals surface area (Å²) in [7, 11) is 10.3. The second kappa shape index (κ2) is 38.1. The lowest BCUT2D eigenvalue weighted by molar-refractivity contribution is -0.660. The van der Waals surface area contributed by atoms with Crippen LogP contribution >= 0.6 is 0 Å². The van der Waals surface area contributed by atoms with Gasteiger partial charge in [-0.05, 0) is 219 Å². The van der Waals surface area contributed by atoms with Crippen molar-refractivity contribution in [2.24, 2.45) is 46.5 Å². The Bertz CT molecular complexity index is 8150. The normalized spacial score (nSPS) is 13.9. The molecule has 0 saturated heterocycles. The van der Waals surface area contributed by atoms with Crippen LogP contribution in [0.1, 0.15) is 216 Å². The molecule has 0 radical (unpaired) electrons. The summed E-state index contributed by atoms with van der Waals surface area (Å²) in [5, 5.41) is 10.0. The number of nitrogens with zero attached hydrogens (tertiary/aromatic N) is 10. The Morgan fingerprint density at radius 2 is 0.586 bits per heavy atom. The number of rotatable bonds is 15. The lowest BCUT2D eigenvalue weighted by Gasteiger charge is -2.16. The number of hydrogen-bond donors (Lipinski definition) is 0. The quantitative estimate of drug-likeness (QED) is 0.0908. The van der Waals surface area contributed by atoms with Gasteiger partial charge >= 0.3 is 0 Å². The predicted molar refractivity (Wildman–Crippen MR) is 545 cm³/mol. The zero-order valence-electron chi connectivity index (χ0n) is 92.4. The molecule has 0 spiro atoms. The van der Waals surface area contributed by atoms with E-state index < -0.39 is 37.8 Å². The maximum Gasteiger partial charge on any atom is 0.227 e. The van der Waals surface area contributed by atoms with Gasteiger partial charge in [-0.1, -0.05) is 171 Å². The van der Waals surface area contributed by atoms with E-state index in [9.17, 15) is 0 Å². The van der Waals surface area contributed by atoms with Crippen molar-refractivity contribution in [3.63, 3.8) is 0 Å². The van der Waals surface area contributed by atoms with E-state index in [0.29, 0.717) is 39.8 Å². The number of furan rings is 5. The Morgan fingerprint density at radius 1 is 0.316 bits per heavy atom. The SMILES string of the molecule is CCc1cc[n+](C)c(-c2c(C)ccc3c2oc2nc(C(C)(C)C)ccc23)c1.CCc1cc[n+](C)c(-c2c(C)ccc3c2oc2nc(CC)ccc23)c1.[2H]C(C)(C)c1ccc2c(n1)oc1c(-c3cc(CC)cc[n+]3C)c(C)ccc12.[2H]C([2H])([2H])C(C)(Cc1ccc2c(n1)oc1c(-c3cc(CC)cc[n+]3C)c(C)ccc12)C([2H])([2H])[2H].[2H]C([2H])([2H])C([2H])(C)Cc1ccc2c(n1)oc1c(-c3cc(CC)cc[n+]3C)c(C)ccc12. The van der Waals surface area contributed by atoms with E-state index in [1.54, 1.807) is 12.1 Å². The highest BCUT2D eigenvalue weighted by Gasteiger charge is 2.30. The van der Waals surface area contributed by atoms with Gasteiger partial charge in [-0.3, -0.25) is 0 Å². The molecule has 15 aromatic heterocycles. The Balaban J connectivity index is 0.000000130. The highest BCUT2D eigenvalue weighted by molar-refractivity contribution is 6.13. The summed E-state index contributed by atoms with van der Waals surface area (Å²) in [6.07, 6.45) is 16.1. The first-order valence-corrected chi connectivity index (χ1v) is 46.6. The maximum atomic E-state index is 8.26. The number of aryl methyl sites for hydroxylation is 16. The molecular weight excluding hydrogens is 1640 g/mol. The summed E-state index contributed by atoms with van der Waals surface area (Å²) < 4.78 is 129. The van der Waals surface area contributed by atoms with E-state index in [4.69, 9.17) is 42.1 Å². The van der Waals surface area contributed by atoms with Crippen LogP contribution in [0.2, 0.25) is 0 Å². The molecule has 678 valence electrons. The summed E-state index contributed by atoms with van der Waals surface area (Å²) in [6.45, 7) is 28.6. The van der Waals surface area contributed by atoms with E-state index in [1.165, 1.54) is 69.7 Å². The number of hydrogen-bond acceptors (Lipinski definition) is 10. The van der Waals surface area contributed by atoms with Crippen LogP contribution in [0.15, 0.2) is 235 Å². The molecule has 0 aliphatic carbocycles. The lowest BCUT2D eigenvalue weighted by atomic mass is 9.90. The molecule has 0 saturated carbocycles. The summed E-state index contributed by atoms with van der Waals surface area (Å²) >= 11 is 0. The molecule has 15 heteroatoms. The van der Waals surface area contributed by atoms with Crippen molar-refractivity contribution < 1.29 is 60.0 Å². The molecule has 20 aromatic rings. The van der Waals surface area contributed by atoms with Crippen molar-refractivity contribution in [3.8, 4) is 56.3 Å². The van der Waals surface area contributed by atoms with Crippen molar-refractivity contribution in [3.05, 3.63) is 297 Å². The first-order valence-electron chi connectivity index (χ1n) is 52.1. The third kappa shape index (κ3) is 18.8. The Hall–Kier alpha value is -13.4. The summed E-state index contributed by atoms with van der Waals surface area (Å²) in [6, 6.07) is 62.7. The molecule has 5 aromatic carbocycles. The molecule has 0 fully saturated rings. The molecule has 1 unspecified atom stereocenters. The van der Waals surface area contributed by atoms with Gasteiger partial charge in [0.1, 0.15) is 35.2 Å². The van der Waals surface area contributed by atoms with Crippen LogP contribution in [-0.4, -0.2) is 24.9 Å². The number of pyridine rings is 10. The molecule has 0 amide bonds. The highest BCUT2D eigenvalue weighted by Crippen LogP contribution is 2.44. The van der Waals surface area contributed by atoms with Crippen molar-refractivity contribution >= 4 is 110 Å². The first-order chi connectivity index (χ1) is 68.0. The largest absolute Gasteiger partial charge is 0.437 e. The number of benzene rings is 5. The van der Waals surface area contributed by atoms with Crippen LogP contribution < -0.4 is 22.8 Å². The van der Waals surface area contributed by atoms with Crippen LogP contribution in [0, 0.1) is 45.9 Å². The fourth-order valence-corrected chi connectivity index (χ4v) is 17.9. The molecule has 0 aliphatic rings. The standard InChI is InChI=1S/C25H29N2O.2C24H27N2O.C23H25N2O.C22H23N2O/c1-7-17-12-13-27(6)21(14-17)22-16(2)8-10-19-20-11-9-18(15-25(3,4)5)26-24(20)28-23(19)22;1-7-16-12-13-26(6)19(14-16)21-15(2)8-9-17-18-10-11-20(24(3,4)5)25-23(18)27-22(17)21;1-6-17-11-12-26(5)21(14-17)22-16(4)7-9-19-20-10-8-18(13-15(2)3)25-24(20)27-23(19)22;1-6-16-11-12-25(5)20(13-16)21-15(4)7-8-17-18-9-10-19(14(2)3)24-23(18)26-22(17)21;1-5-15-11-12-24(4)19(13-15)20-14(3)7-9-17-18-10-8-16(6-2)23-22(18)25-21(17)20/h8-14H,7,15H2,1-6H3;8-14H,7H2,1-6H3;7-12,14-15H,6,13H2,1-5H3;7-14H,6H2,1-5H3;7-13H,5-6H2,1-4H3/q5*+1/i3D3,4D3;;2D3,15D;14D;. The van der Waals surface area contributed by atoms with Crippen LogP contribution in [0.25, 0.3) is 167 Å². The van der Waals surface area contributed by atoms with Gasteiger partial charge in [0.15, 0.2) is 58.9 Å². The second-order valence-corrected chi connectivity index (χ2v) is 37.2. The minimum absolute atomic E-state index is 0.00614. The monoisotopic (exact) mass is 1780 g/mol. The van der Waals surface area contributed by atoms with Crippen LogP contribution in [0.4, 0.5) is 0 Å². The third-order valence-corrected chi connectivity index (χ3v) is 25.8. The molecular formula is C118H131N10O5+5. The summed E-state index contributed by atoms with van der Waals surface area (Å²) in [5.41, 5.74) is 32.1. The van der Waals surface area contributed by atoms with E-state index in [1.807, 2.05) is 77.5 Å². The van der Waals surface area contributed by atoms with Crippen LogP contribution in [-0.2, 0) is 92.0 Å². The Morgan fingerprint density at radius 3 is 0.880 bits per heavy atom. The molecule has 15 heterocycles. The number of fused-ring (bicyclic) bond motifs is 15. The van der Waals surface area contributed by atoms with Crippen molar-refractivity contribution in [1.29, 1.82) is 0 Å². The fourth-order valence-electron chi connectivity index (χ4n) is 17.9. The summed E-state index contributed by atoms with van der Waals surface area (Å²) in [4.78, 5) is 23.3. The average Bonchev–Trinajstić information content (AvgIpc) is 1.79.